The van der Waals surface area contributed by atoms with Crippen molar-refractivity contribution in [1.82, 2.24) is 0 Å². The first-order valence-corrected chi connectivity index (χ1v) is 10.4. The quantitative estimate of drug-likeness (QED) is 0.322. The molecule has 10 heteroatoms. The first kappa shape index (κ1) is 31.3. The van der Waals surface area contributed by atoms with Gasteiger partial charge in [-0.1, -0.05) is 30.3 Å². The number of quaternary nitrogens is 1. The van der Waals surface area contributed by atoms with Crippen molar-refractivity contribution in [2.24, 2.45) is 0 Å². The van der Waals surface area contributed by atoms with Gasteiger partial charge in [-0.3, -0.25) is 4.79 Å². The summed E-state index contributed by atoms with van der Waals surface area (Å²) in [4.78, 5) is 12.6. The molecular weight excluding hydrogens is 562 g/mol. The van der Waals surface area contributed by atoms with Crippen LogP contribution in [0.4, 0.5) is 17.6 Å². The Hall–Kier alpha value is -0.710. The normalized spacial score (nSPS) is 27.3. The first-order chi connectivity index (χ1) is 14.0. The fraction of sp³-hybridized carbons (Fsp3) is 0.682. The molecule has 3 rings (SSSR count). The van der Waals surface area contributed by atoms with Gasteiger partial charge in [-0.2, -0.15) is 13.2 Å². The highest BCUT2D eigenvalue weighted by atomic mass is 79.9. The second-order valence-corrected chi connectivity index (χ2v) is 8.63. The van der Waals surface area contributed by atoms with E-state index in [1.807, 2.05) is 30.3 Å². The maximum Gasteiger partial charge on any atom is 0.416 e. The Kier molecular flexibility index (Phi) is 13.0. The van der Waals surface area contributed by atoms with Crippen LogP contribution in [-0.2, 0) is 9.53 Å². The van der Waals surface area contributed by atoms with Crippen molar-refractivity contribution in [2.45, 2.75) is 75.9 Å². The molecule has 0 aliphatic carbocycles. The van der Waals surface area contributed by atoms with Crippen LogP contribution in [0.25, 0.3) is 0 Å². The van der Waals surface area contributed by atoms with Gasteiger partial charge in [0.05, 0.1) is 31.8 Å². The number of aliphatic hydroxyl groups is 1. The van der Waals surface area contributed by atoms with E-state index in [4.69, 9.17) is 4.74 Å². The van der Waals surface area contributed by atoms with Gasteiger partial charge >= 0.3 is 12.1 Å². The number of hydrogen-bond donors (Lipinski definition) is 1. The molecule has 0 amide bonds. The lowest BCUT2D eigenvalue weighted by Gasteiger charge is -2.49. The number of piperidine rings is 1. The topological polar surface area (TPSA) is 46.5 Å². The number of rotatable bonds is 5. The van der Waals surface area contributed by atoms with Crippen LogP contribution in [0.3, 0.4) is 0 Å². The van der Waals surface area contributed by atoms with Crippen molar-refractivity contribution in [2.75, 3.05) is 20.3 Å². The van der Waals surface area contributed by atoms with E-state index < -0.39 is 18.8 Å². The van der Waals surface area contributed by atoms with E-state index >= 15 is 0 Å². The Morgan fingerprint density at radius 3 is 2.00 bits per heavy atom. The van der Waals surface area contributed by atoms with E-state index in [-0.39, 0.29) is 52.6 Å². The van der Waals surface area contributed by atoms with Gasteiger partial charge in [-0.25, -0.2) is 4.39 Å². The molecule has 2 aliphatic heterocycles. The second-order valence-electron chi connectivity index (χ2n) is 8.63. The average molecular weight is 595 g/mol. The minimum absolute atomic E-state index is 0. The Labute approximate surface area is 208 Å². The molecule has 2 saturated heterocycles. The summed E-state index contributed by atoms with van der Waals surface area (Å²) in [6.07, 6.45) is -0.267. The molecule has 2 heterocycles. The van der Waals surface area contributed by atoms with E-state index in [1.165, 1.54) is 12.8 Å². The third kappa shape index (κ3) is 7.67. The van der Waals surface area contributed by atoms with Gasteiger partial charge in [0.1, 0.15) is 12.0 Å². The maximum atomic E-state index is 12.6. The van der Waals surface area contributed by atoms with Gasteiger partial charge in [0.15, 0.2) is 6.67 Å². The molecular formula is C22H33Br2F4NO3. The summed E-state index contributed by atoms with van der Waals surface area (Å²) in [6, 6.07) is 11.2. The third-order valence-corrected chi connectivity index (χ3v) is 6.69. The first-order valence-electron chi connectivity index (χ1n) is 10.4. The molecule has 3 unspecified atom stereocenters. The standard InChI is InChI=1S/C20H30NO3.C2H2F4.2BrH/c1-14(2)21(3)16-9-10-17(21)12-18(11-16)24-20(23)19(13-22)15-7-5-4-6-8-15;3-1-2(4,5)6;;/h4-8,14,16-19,22H,9-13H2,1-3H3;1H2;2*1H/q+1;;;/p-1/t16-,17+,18?,19?,21?;;;. The fourth-order valence-electron chi connectivity index (χ4n) is 4.82. The summed E-state index contributed by atoms with van der Waals surface area (Å²) >= 11 is 0. The molecule has 5 atom stereocenters. The van der Waals surface area contributed by atoms with Gasteiger partial charge in [-0.15, -0.1) is 17.0 Å². The third-order valence-electron chi connectivity index (χ3n) is 6.69. The zero-order valence-corrected chi connectivity index (χ0v) is 21.8. The Bertz CT molecular complexity index is 678. The number of nitrogens with zero attached hydrogens (tertiary/aromatic N) is 1. The maximum absolute atomic E-state index is 12.6. The number of esters is 1. The molecule has 0 radical (unpaired) electrons. The largest absolute Gasteiger partial charge is 1.00 e. The van der Waals surface area contributed by atoms with Gasteiger partial charge in [-0.05, 0) is 19.4 Å². The zero-order chi connectivity index (χ0) is 22.5. The van der Waals surface area contributed by atoms with Crippen LogP contribution in [0, 0.1) is 0 Å². The number of ether oxygens (including phenoxy) is 1. The summed E-state index contributed by atoms with van der Waals surface area (Å²) in [6.45, 7) is 2.17. The van der Waals surface area contributed by atoms with Crippen molar-refractivity contribution < 1.29 is 53.7 Å². The highest BCUT2D eigenvalue weighted by Crippen LogP contribution is 2.44. The summed E-state index contributed by atoms with van der Waals surface area (Å²) in [7, 11) is 2.37. The molecule has 0 spiro atoms. The number of halogens is 6. The summed E-state index contributed by atoms with van der Waals surface area (Å²) in [5, 5.41) is 9.65. The lowest BCUT2D eigenvalue weighted by Crippen LogP contribution is -3.00. The van der Waals surface area contributed by atoms with Crippen LogP contribution in [0.1, 0.15) is 51.0 Å². The molecule has 2 bridgehead atoms. The minimum Gasteiger partial charge on any atom is -1.00 e. The van der Waals surface area contributed by atoms with Crippen LogP contribution >= 0.6 is 17.0 Å². The molecule has 0 saturated carbocycles. The van der Waals surface area contributed by atoms with Crippen LogP contribution in [0.2, 0.25) is 0 Å². The van der Waals surface area contributed by atoms with Crippen molar-refractivity contribution in [3.8, 4) is 0 Å². The molecule has 1 aromatic rings. The van der Waals surface area contributed by atoms with Crippen molar-refractivity contribution >= 4 is 23.0 Å². The van der Waals surface area contributed by atoms with E-state index in [9.17, 15) is 27.5 Å². The summed E-state index contributed by atoms with van der Waals surface area (Å²) in [5.41, 5.74) is 0.826. The lowest BCUT2D eigenvalue weighted by atomic mass is 9.94. The van der Waals surface area contributed by atoms with E-state index in [0.717, 1.165) is 22.9 Å². The highest BCUT2D eigenvalue weighted by molar-refractivity contribution is 8.93. The number of fused-ring (bicyclic) bond motifs is 2. The molecule has 186 valence electrons. The second kappa shape index (κ2) is 13.2. The molecule has 2 fully saturated rings. The molecule has 4 nitrogen and oxygen atoms in total. The lowest BCUT2D eigenvalue weighted by molar-refractivity contribution is -0.968. The molecule has 2 aliphatic rings. The zero-order valence-electron chi connectivity index (χ0n) is 18.5. The van der Waals surface area contributed by atoms with Gasteiger partial charge in [0, 0.05) is 25.7 Å². The number of carbonyl (C=O) groups excluding carboxylic acids is 1. The Balaban J connectivity index is 0.00000107. The van der Waals surface area contributed by atoms with Crippen LogP contribution in [0.15, 0.2) is 30.3 Å². The minimum atomic E-state index is -4.62. The number of alkyl halides is 4. The van der Waals surface area contributed by atoms with Gasteiger partial charge in [0.25, 0.3) is 0 Å². The van der Waals surface area contributed by atoms with Crippen LogP contribution in [0.5, 0.6) is 0 Å². The number of benzene rings is 1. The Morgan fingerprint density at radius 2 is 1.62 bits per heavy atom. The predicted octanol–water partition coefficient (Wildman–Crippen LogP) is 1.95. The highest BCUT2D eigenvalue weighted by Gasteiger charge is 2.53. The fourth-order valence-corrected chi connectivity index (χ4v) is 4.82. The average Bonchev–Trinajstić information content (AvgIpc) is 2.87. The van der Waals surface area contributed by atoms with Gasteiger partial charge < -0.3 is 31.3 Å². The van der Waals surface area contributed by atoms with E-state index in [2.05, 4.69) is 20.9 Å². The van der Waals surface area contributed by atoms with Crippen LogP contribution < -0.4 is 17.0 Å². The molecule has 1 aromatic carbocycles. The Morgan fingerprint density at radius 1 is 1.16 bits per heavy atom. The van der Waals surface area contributed by atoms with Crippen molar-refractivity contribution in [3.63, 3.8) is 0 Å². The van der Waals surface area contributed by atoms with E-state index in [0.29, 0.717) is 18.1 Å². The van der Waals surface area contributed by atoms with Crippen LogP contribution in [-0.4, -0.2) is 66.3 Å². The predicted molar refractivity (Wildman–Crippen MR) is 116 cm³/mol. The molecule has 1 N–H and O–H groups in total. The SMILES string of the molecule is Br.CC(C)[N+]1(C)[C@@H]2CC[C@H]1CC(OC(=O)C(CO)c1ccccc1)C2.FCC(F)(F)F.[Br-]. The van der Waals surface area contributed by atoms with Crippen molar-refractivity contribution in [3.05, 3.63) is 35.9 Å². The number of hydrogen-bond acceptors (Lipinski definition) is 3. The summed E-state index contributed by atoms with van der Waals surface area (Å²) in [5.74, 6) is -0.856. The molecule has 0 aromatic heterocycles. The van der Waals surface area contributed by atoms with E-state index in [1.54, 1.807) is 0 Å². The monoisotopic (exact) mass is 593 g/mol. The number of carbonyl (C=O) groups is 1. The van der Waals surface area contributed by atoms with Crippen molar-refractivity contribution in [1.29, 1.82) is 0 Å². The van der Waals surface area contributed by atoms with Gasteiger partial charge in [0.2, 0.25) is 0 Å². The smallest absolute Gasteiger partial charge is 0.416 e. The number of aliphatic hydroxyl groups excluding tert-OH is 1. The summed E-state index contributed by atoms with van der Waals surface area (Å²) < 4.78 is 48.6. The molecule has 32 heavy (non-hydrogen) atoms.